The van der Waals surface area contributed by atoms with Gasteiger partial charge in [-0.2, -0.15) is 8.42 Å². The van der Waals surface area contributed by atoms with Crippen LogP contribution in [0.5, 0.6) is 0 Å². The summed E-state index contributed by atoms with van der Waals surface area (Å²) < 4.78 is 33.0. The zero-order chi connectivity index (χ0) is 18.5. The van der Waals surface area contributed by atoms with E-state index in [9.17, 15) is 22.6 Å². The van der Waals surface area contributed by atoms with Crippen molar-refractivity contribution in [3.63, 3.8) is 0 Å². The fraction of sp³-hybridized carbons (Fsp3) is 0. The summed E-state index contributed by atoms with van der Waals surface area (Å²) in [5.41, 5.74) is 5.14. The van der Waals surface area contributed by atoms with Gasteiger partial charge < -0.3 is 11.1 Å². The number of hydrogen-bond acceptors (Lipinski definition) is 5. The Balaban J connectivity index is 2.46. The molecular weight excluding hydrogens is 432 g/mol. The van der Waals surface area contributed by atoms with Crippen molar-refractivity contribution in [1.29, 1.82) is 0 Å². The van der Waals surface area contributed by atoms with E-state index in [-0.39, 0.29) is 37.5 Å². The van der Waals surface area contributed by atoms with Crippen LogP contribution in [0.25, 0.3) is 0 Å². The number of fused-ring (bicyclic) bond motifs is 2. The van der Waals surface area contributed by atoms with Gasteiger partial charge in [-0.25, -0.2) is 0 Å². The van der Waals surface area contributed by atoms with Gasteiger partial charge in [0.2, 0.25) is 0 Å². The molecule has 0 spiro atoms. The molecule has 0 atom stereocenters. The number of carbonyl (C=O) groups excluding carboxylic acids is 2. The molecule has 1 aliphatic carbocycles. The summed E-state index contributed by atoms with van der Waals surface area (Å²) in [6.07, 6.45) is 0. The van der Waals surface area contributed by atoms with Gasteiger partial charge in [0.05, 0.1) is 16.8 Å². The third kappa shape index (κ3) is 2.86. The first-order valence-corrected chi connectivity index (χ1v) is 9.36. The summed E-state index contributed by atoms with van der Waals surface area (Å²) in [5, 5.41) is 2.07. The first-order chi connectivity index (χ1) is 11.6. The Bertz CT molecular complexity index is 1080. The minimum Gasteiger partial charge on any atom is -0.376 e. The summed E-state index contributed by atoms with van der Waals surface area (Å²) in [6, 6.07) is 7.17. The highest BCUT2D eigenvalue weighted by Crippen LogP contribution is 2.40. The Labute approximate surface area is 156 Å². The lowest BCUT2D eigenvalue weighted by Gasteiger charge is -2.23. The SMILES string of the molecule is NC(=S)Nc1c(S(=O)(=O)O)cc(Br)c2c1C(=O)c1ccccc1C2=O. The Kier molecular flexibility index (Phi) is 4.23. The fourth-order valence-electron chi connectivity index (χ4n) is 2.68. The van der Waals surface area contributed by atoms with E-state index in [1.807, 2.05) is 0 Å². The minimum atomic E-state index is -4.72. The predicted molar refractivity (Wildman–Crippen MR) is 97.7 cm³/mol. The largest absolute Gasteiger partial charge is 0.376 e. The van der Waals surface area contributed by atoms with E-state index >= 15 is 0 Å². The number of carbonyl (C=O) groups is 2. The van der Waals surface area contributed by atoms with E-state index in [0.29, 0.717) is 0 Å². The number of rotatable bonds is 2. The lowest BCUT2D eigenvalue weighted by Crippen LogP contribution is -2.28. The number of nitrogens with two attached hydrogens (primary N) is 1. The van der Waals surface area contributed by atoms with Crippen molar-refractivity contribution in [3.8, 4) is 0 Å². The zero-order valence-corrected chi connectivity index (χ0v) is 15.5. The molecule has 0 heterocycles. The summed E-state index contributed by atoms with van der Waals surface area (Å²) in [6.45, 7) is 0. The molecule has 0 amide bonds. The van der Waals surface area contributed by atoms with Crippen molar-refractivity contribution in [2.24, 2.45) is 5.73 Å². The molecule has 1 aliphatic rings. The molecule has 0 saturated carbocycles. The Morgan fingerprint density at radius 3 is 2.12 bits per heavy atom. The molecule has 0 unspecified atom stereocenters. The van der Waals surface area contributed by atoms with Gasteiger partial charge in [0.15, 0.2) is 16.7 Å². The van der Waals surface area contributed by atoms with Crippen molar-refractivity contribution in [1.82, 2.24) is 0 Å². The molecule has 0 bridgehead atoms. The predicted octanol–water partition coefficient (Wildman–Crippen LogP) is 2.13. The van der Waals surface area contributed by atoms with Crippen LogP contribution in [0, 0.1) is 0 Å². The average Bonchev–Trinajstić information content (AvgIpc) is 2.52. The third-order valence-electron chi connectivity index (χ3n) is 3.64. The molecule has 0 aromatic heterocycles. The van der Waals surface area contributed by atoms with Crippen LogP contribution in [0.3, 0.4) is 0 Å². The number of benzene rings is 2. The monoisotopic (exact) mass is 440 g/mol. The van der Waals surface area contributed by atoms with Crippen LogP contribution < -0.4 is 11.1 Å². The molecule has 0 aliphatic heterocycles. The van der Waals surface area contributed by atoms with Gasteiger partial charge in [-0.05, 0) is 34.2 Å². The zero-order valence-electron chi connectivity index (χ0n) is 12.2. The molecule has 2 aromatic carbocycles. The number of nitrogens with one attached hydrogen (secondary N) is 1. The number of thiocarbonyl (C=S) groups is 1. The van der Waals surface area contributed by atoms with Crippen LogP contribution in [0.2, 0.25) is 0 Å². The summed E-state index contributed by atoms with van der Waals surface area (Å²) >= 11 is 7.83. The van der Waals surface area contributed by atoms with E-state index in [0.717, 1.165) is 6.07 Å². The number of halogens is 1. The number of hydrogen-bond donors (Lipinski definition) is 3. The van der Waals surface area contributed by atoms with Crippen molar-refractivity contribution < 1.29 is 22.6 Å². The minimum absolute atomic E-state index is 0.0325. The van der Waals surface area contributed by atoms with Gasteiger partial charge >= 0.3 is 0 Å². The van der Waals surface area contributed by atoms with Gasteiger partial charge in [0.25, 0.3) is 10.1 Å². The van der Waals surface area contributed by atoms with Gasteiger partial charge in [-0.15, -0.1) is 0 Å². The van der Waals surface area contributed by atoms with E-state index in [4.69, 9.17) is 18.0 Å². The lowest BCUT2D eigenvalue weighted by molar-refractivity contribution is 0.0979. The number of ketones is 2. The molecule has 4 N–H and O–H groups in total. The number of anilines is 1. The highest BCUT2D eigenvalue weighted by atomic mass is 79.9. The standard InChI is InChI=1S/C15H9BrN2O5S2/c16-8-5-9(25(21,22)23)12(18-15(17)24)11-10(8)13(19)6-3-1-2-4-7(6)14(11)20/h1-5H,(H3,17,18,24)(H,21,22,23). The van der Waals surface area contributed by atoms with Crippen LogP contribution >= 0.6 is 28.1 Å². The van der Waals surface area contributed by atoms with E-state index < -0.39 is 26.6 Å². The molecule has 25 heavy (non-hydrogen) atoms. The molecule has 10 heteroatoms. The Morgan fingerprint density at radius 2 is 1.64 bits per heavy atom. The molecule has 7 nitrogen and oxygen atoms in total. The van der Waals surface area contributed by atoms with E-state index in [1.165, 1.54) is 12.1 Å². The topological polar surface area (TPSA) is 127 Å². The van der Waals surface area contributed by atoms with Gasteiger partial charge in [0.1, 0.15) is 4.90 Å². The quantitative estimate of drug-likeness (QED) is 0.408. The van der Waals surface area contributed by atoms with Gasteiger partial charge in [-0.1, -0.05) is 24.3 Å². The summed E-state index contributed by atoms with van der Waals surface area (Å²) in [4.78, 5) is 25.1. The summed E-state index contributed by atoms with van der Waals surface area (Å²) in [5.74, 6) is -1.06. The van der Waals surface area contributed by atoms with Crippen molar-refractivity contribution in [2.75, 3.05) is 5.32 Å². The molecule has 128 valence electrons. The second-order valence-corrected chi connectivity index (χ2v) is 7.83. The molecule has 2 aromatic rings. The van der Waals surface area contributed by atoms with Gasteiger partial charge in [0, 0.05) is 15.6 Å². The van der Waals surface area contributed by atoms with E-state index in [2.05, 4.69) is 21.2 Å². The molecule has 3 rings (SSSR count). The molecular formula is C15H9BrN2O5S2. The second kappa shape index (κ2) is 5.99. The molecule has 0 saturated heterocycles. The van der Waals surface area contributed by atoms with Crippen LogP contribution in [-0.4, -0.2) is 29.6 Å². The normalized spacial score (nSPS) is 13.2. The van der Waals surface area contributed by atoms with Crippen molar-refractivity contribution in [2.45, 2.75) is 4.90 Å². The lowest BCUT2D eigenvalue weighted by atomic mass is 9.83. The van der Waals surface area contributed by atoms with Crippen LogP contribution in [0.15, 0.2) is 39.7 Å². The average molecular weight is 441 g/mol. The van der Waals surface area contributed by atoms with Crippen molar-refractivity contribution >= 4 is 60.6 Å². The smallest absolute Gasteiger partial charge is 0.296 e. The third-order valence-corrected chi connectivity index (χ3v) is 5.24. The maximum absolute atomic E-state index is 12.9. The van der Waals surface area contributed by atoms with E-state index in [1.54, 1.807) is 12.1 Å². The second-order valence-electron chi connectivity index (χ2n) is 5.15. The fourth-order valence-corrected chi connectivity index (χ4v) is 4.21. The van der Waals surface area contributed by atoms with Crippen molar-refractivity contribution in [3.05, 3.63) is 57.1 Å². The highest BCUT2D eigenvalue weighted by Gasteiger charge is 2.36. The molecule has 0 fully saturated rings. The van der Waals surface area contributed by atoms with Crippen LogP contribution in [-0.2, 0) is 10.1 Å². The first kappa shape index (κ1) is 17.7. The Hall–Kier alpha value is -2.14. The van der Waals surface area contributed by atoms with Gasteiger partial charge in [-0.3, -0.25) is 14.1 Å². The maximum atomic E-state index is 12.9. The van der Waals surface area contributed by atoms with Crippen LogP contribution in [0.1, 0.15) is 31.8 Å². The Morgan fingerprint density at radius 1 is 1.12 bits per heavy atom. The molecule has 0 radical (unpaired) electrons. The maximum Gasteiger partial charge on any atom is 0.296 e. The van der Waals surface area contributed by atoms with Crippen LogP contribution in [0.4, 0.5) is 5.69 Å². The first-order valence-electron chi connectivity index (χ1n) is 6.71. The summed E-state index contributed by atoms with van der Waals surface area (Å²) in [7, 11) is -4.72. The highest BCUT2D eigenvalue weighted by molar-refractivity contribution is 9.10.